The number of para-hydroxylation sites is 2. The van der Waals surface area contributed by atoms with E-state index < -0.39 is 11.9 Å². The molecule has 342 valence electrons. The van der Waals surface area contributed by atoms with Gasteiger partial charge in [0.15, 0.2) is 19.0 Å². The van der Waals surface area contributed by atoms with Crippen LogP contribution >= 0.6 is 0 Å². The quantitative estimate of drug-likeness (QED) is 0.0411. The number of hydrogen-bond acceptors (Lipinski definition) is 12. The molecule has 66 heavy (non-hydrogen) atoms. The summed E-state index contributed by atoms with van der Waals surface area (Å²) >= 11 is 0. The van der Waals surface area contributed by atoms with Gasteiger partial charge in [0.25, 0.3) is 0 Å². The standard InChI is InChI=1S/C51H53N5O10/c1-5-53(31-47(57)62-3)41-14-9-10-15-43(41)64-24-25-65-46-26-34(16-21-42(46)54(6-2)32-48(58)63-4)52-50(59)33-29-56(30-33)36-18-20-40-45(28-36)66-44-27-35(55-22-11-23-55)17-19-39(44)49(40)37-12-7-8-13-38(37)51(60)61/h7-10,12-21,26-28,33H,5-6,11,22-25,29-32H2,1-4H3,(H-,52,59,60,61)/p+1. The van der Waals surface area contributed by atoms with Crippen LogP contribution in [0.1, 0.15) is 30.6 Å². The molecule has 0 spiro atoms. The Kier molecular flexibility index (Phi) is 13.7. The number of carboxylic acid groups (broad SMARTS) is 1. The molecule has 4 aromatic carbocycles. The molecule has 2 saturated heterocycles. The van der Waals surface area contributed by atoms with Gasteiger partial charge in [-0.2, -0.15) is 0 Å². The highest BCUT2D eigenvalue weighted by molar-refractivity contribution is 6.08. The minimum absolute atomic E-state index is 0.00124. The van der Waals surface area contributed by atoms with Gasteiger partial charge in [0, 0.05) is 72.3 Å². The molecule has 0 bridgehead atoms. The Morgan fingerprint density at radius 3 is 2.09 bits per heavy atom. The largest absolute Gasteiger partial charge is 0.488 e. The molecule has 15 heteroatoms. The van der Waals surface area contributed by atoms with Crippen LogP contribution in [-0.2, 0) is 23.9 Å². The van der Waals surface area contributed by atoms with E-state index in [-0.39, 0.29) is 49.7 Å². The first-order valence-electron chi connectivity index (χ1n) is 22.2. The molecule has 4 aromatic rings. The average molecular weight is 897 g/mol. The van der Waals surface area contributed by atoms with Crippen LogP contribution in [-0.4, -0.2) is 109 Å². The fraction of sp³-hybridized carbons (Fsp3) is 0.314. The first-order valence-corrected chi connectivity index (χ1v) is 22.2. The highest BCUT2D eigenvalue weighted by Gasteiger charge is 2.38. The Balaban J connectivity index is 1.01. The predicted molar refractivity (Wildman–Crippen MR) is 253 cm³/mol. The second-order valence-electron chi connectivity index (χ2n) is 16.1. The number of nitrogens with one attached hydrogen (secondary N) is 1. The van der Waals surface area contributed by atoms with Crippen molar-refractivity contribution in [3.63, 3.8) is 0 Å². The summed E-state index contributed by atoms with van der Waals surface area (Å²) < 4.78 is 31.0. The fourth-order valence-corrected chi connectivity index (χ4v) is 8.40. The Morgan fingerprint density at radius 2 is 1.42 bits per heavy atom. The lowest BCUT2D eigenvalue weighted by molar-refractivity contribution is -0.139. The molecular weight excluding hydrogens is 843 g/mol. The maximum Gasteiger partial charge on any atom is 0.336 e. The molecule has 2 N–H and O–H groups in total. The van der Waals surface area contributed by atoms with Gasteiger partial charge in [-0.15, -0.1) is 0 Å². The first kappa shape index (κ1) is 45.0. The van der Waals surface area contributed by atoms with Crippen molar-refractivity contribution < 1.29 is 47.6 Å². The molecule has 0 radical (unpaired) electrons. The molecule has 3 heterocycles. The number of esters is 2. The molecule has 2 fully saturated rings. The van der Waals surface area contributed by atoms with Crippen LogP contribution in [0, 0.1) is 5.92 Å². The molecule has 0 atom stereocenters. The van der Waals surface area contributed by atoms with E-state index in [0.29, 0.717) is 66.0 Å². The summed E-state index contributed by atoms with van der Waals surface area (Å²) in [5.41, 5.74) is 6.04. The van der Waals surface area contributed by atoms with E-state index >= 15 is 0 Å². The first-order chi connectivity index (χ1) is 32.1. The summed E-state index contributed by atoms with van der Waals surface area (Å²) in [5.74, 6) is -0.593. The van der Waals surface area contributed by atoms with Crippen molar-refractivity contribution in [3.8, 4) is 33.9 Å². The number of carbonyl (C=O) groups excluding carboxylic acids is 3. The van der Waals surface area contributed by atoms with Crippen LogP contribution < -0.4 is 39.4 Å². The van der Waals surface area contributed by atoms with Gasteiger partial charge in [0.2, 0.25) is 11.3 Å². The predicted octanol–water partition coefficient (Wildman–Crippen LogP) is 6.61. The van der Waals surface area contributed by atoms with Crippen LogP contribution in [0.5, 0.6) is 11.5 Å². The molecular formula is C51H54N5O10+. The van der Waals surface area contributed by atoms with E-state index in [9.17, 15) is 24.3 Å². The number of carboxylic acids is 1. The maximum atomic E-state index is 13.7. The summed E-state index contributed by atoms with van der Waals surface area (Å²) in [5, 5.41) is 14.9. The number of fused-ring (bicyclic) bond motifs is 2. The second-order valence-corrected chi connectivity index (χ2v) is 16.1. The Hall–Kier alpha value is -7.55. The number of ether oxygens (including phenoxy) is 4. The molecule has 0 aromatic heterocycles. The maximum absolute atomic E-state index is 13.7. The van der Waals surface area contributed by atoms with E-state index in [1.807, 2.05) is 96.4 Å². The van der Waals surface area contributed by atoms with E-state index in [1.165, 1.54) is 14.2 Å². The molecule has 8 rings (SSSR count). The van der Waals surface area contributed by atoms with Crippen LogP contribution in [0.15, 0.2) is 108 Å². The van der Waals surface area contributed by atoms with Crippen molar-refractivity contribution in [2.45, 2.75) is 20.3 Å². The highest BCUT2D eigenvalue weighted by Crippen LogP contribution is 2.42. The Labute approximate surface area is 382 Å². The molecule has 15 nitrogen and oxygen atoms in total. The molecule has 0 unspecified atom stereocenters. The molecule has 4 aliphatic rings. The van der Waals surface area contributed by atoms with Gasteiger partial charge >= 0.3 is 17.9 Å². The van der Waals surface area contributed by atoms with E-state index in [0.717, 1.165) is 52.8 Å². The zero-order chi connectivity index (χ0) is 46.3. The van der Waals surface area contributed by atoms with E-state index in [2.05, 4.69) is 20.9 Å². The lowest BCUT2D eigenvalue weighted by Gasteiger charge is -2.33. The van der Waals surface area contributed by atoms with Crippen molar-refractivity contribution >= 4 is 57.5 Å². The lowest BCUT2D eigenvalue weighted by atomic mass is 9.90. The average Bonchev–Trinajstić information content (AvgIpc) is 3.29. The summed E-state index contributed by atoms with van der Waals surface area (Å²) in [7, 11) is 2.70. The smallest absolute Gasteiger partial charge is 0.336 e. The van der Waals surface area contributed by atoms with Gasteiger partial charge in [0.05, 0.1) is 37.2 Å². The highest BCUT2D eigenvalue weighted by atomic mass is 16.5. The number of amides is 1. The van der Waals surface area contributed by atoms with Gasteiger partial charge in [-0.25, -0.2) is 9.37 Å². The molecule has 0 saturated carbocycles. The molecule has 1 amide bonds. The second kappa shape index (κ2) is 20.1. The number of nitrogens with zero attached hydrogens (tertiary/aromatic N) is 4. The number of hydrogen-bond donors (Lipinski definition) is 2. The number of rotatable bonds is 18. The third-order valence-electron chi connectivity index (χ3n) is 12.2. The monoisotopic (exact) mass is 896 g/mol. The Bertz CT molecular complexity index is 2810. The van der Waals surface area contributed by atoms with Crippen molar-refractivity contribution in [2.24, 2.45) is 5.92 Å². The normalized spacial score (nSPS) is 14.2. The minimum atomic E-state index is -1.01. The third-order valence-corrected chi connectivity index (χ3v) is 12.2. The van der Waals surface area contributed by atoms with E-state index in [1.54, 1.807) is 24.3 Å². The van der Waals surface area contributed by atoms with Gasteiger partial charge in [-0.3, -0.25) is 14.4 Å². The van der Waals surface area contributed by atoms with Crippen molar-refractivity contribution in [2.75, 3.05) is 99.8 Å². The number of carbonyl (C=O) groups is 4. The molecule has 1 aliphatic carbocycles. The SMILES string of the molecule is CCN(CC(=O)OC)c1ccccc1OCCOc1cc(NC(=O)C2C[N+](=c3ccc4c(-c5ccccc5C(=O)O)c5ccc(N6CCC6)cc5oc-4c3)C2)ccc1N(CC)CC(=O)OC. The van der Waals surface area contributed by atoms with Crippen molar-refractivity contribution in [1.29, 1.82) is 0 Å². The number of benzene rings is 5. The van der Waals surface area contributed by atoms with Gasteiger partial charge < -0.3 is 48.5 Å². The third kappa shape index (κ3) is 9.60. The summed E-state index contributed by atoms with van der Waals surface area (Å²) in [6.45, 7) is 8.17. The van der Waals surface area contributed by atoms with Crippen LogP contribution in [0.3, 0.4) is 0 Å². The number of anilines is 4. The van der Waals surface area contributed by atoms with Gasteiger partial charge in [-0.1, -0.05) is 30.3 Å². The zero-order valence-corrected chi connectivity index (χ0v) is 37.6. The lowest BCUT2D eigenvalue weighted by Crippen LogP contribution is -2.53. The Morgan fingerprint density at radius 1 is 0.758 bits per heavy atom. The summed E-state index contributed by atoms with van der Waals surface area (Å²) in [6, 6.07) is 31.8. The van der Waals surface area contributed by atoms with Crippen molar-refractivity contribution in [3.05, 3.63) is 114 Å². The number of likely N-dealkylation sites (N-methyl/N-ethyl adjacent to an activating group) is 2. The van der Waals surface area contributed by atoms with Gasteiger partial charge in [-0.05, 0) is 74.4 Å². The van der Waals surface area contributed by atoms with E-state index in [4.69, 9.17) is 23.4 Å². The van der Waals surface area contributed by atoms with Crippen LogP contribution in [0.4, 0.5) is 22.7 Å². The van der Waals surface area contributed by atoms with Crippen LogP contribution in [0.25, 0.3) is 33.4 Å². The number of aromatic carboxylic acids is 1. The van der Waals surface area contributed by atoms with Gasteiger partial charge in [0.1, 0.15) is 49.1 Å². The van der Waals surface area contributed by atoms with Crippen molar-refractivity contribution in [1.82, 2.24) is 4.58 Å². The van der Waals surface area contributed by atoms with Crippen LogP contribution in [0.2, 0.25) is 0 Å². The summed E-state index contributed by atoms with van der Waals surface area (Å²) in [4.78, 5) is 56.6. The minimum Gasteiger partial charge on any atom is -0.488 e. The zero-order valence-electron chi connectivity index (χ0n) is 37.6. The molecule has 3 aliphatic heterocycles. The summed E-state index contributed by atoms with van der Waals surface area (Å²) in [6.07, 6.45) is 1.13. The topological polar surface area (TPSA) is 163 Å². The fourth-order valence-electron chi connectivity index (χ4n) is 8.40. The number of methoxy groups -OCH3 is 2.